The average molecular weight is 196 g/mol. The van der Waals surface area contributed by atoms with Crippen molar-refractivity contribution in [1.29, 1.82) is 0 Å². The molecule has 0 saturated heterocycles. The highest BCUT2D eigenvalue weighted by molar-refractivity contribution is 7.98. The first-order valence-electron chi connectivity index (χ1n) is 3.77. The van der Waals surface area contributed by atoms with Crippen molar-refractivity contribution in [2.24, 2.45) is 0 Å². The van der Waals surface area contributed by atoms with Crippen molar-refractivity contribution in [3.05, 3.63) is 30.3 Å². The zero-order chi connectivity index (χ0) is 9.10. The number of rotatable bonds is 3. The van der Waals surface area contributed by atoms with E-state index in [2.05, 4.69) is 9.97 Å². The molecular formula is C8H8N2O2S. The predicted molar refractivity (Wildman–Crippen MR) is 47.3 cm³/mol. The molecule has 0 unspecified atom stereocenters. The molecule has 0 amide bonds. The Balaban J connectivity index is 1.97. The van der Waals surface area contributed by atoms with Crippen molar-refractivity contribution in [2.75, 3.05) is 0 Å². The number of nitrogens with zero attached hydrogens (tertiary/aromatic N) is 2. The molecule has 4 nitrogen and oxygen atoms in total. The number of aromatic nitrogens is 2. The fourth-order valence-electron chi connectivity index (χ4n) is 0.879. The zero-order valence-electron chi connectivity index (χ0n) is 7.06. The minimum atomic E-state index is 0.655. The standard InChI is InChI=1S/C8H8N2O2S/c1-6-7(10-5-12-6)4-13-8-9-2-3-11-8/h2-3,5H,4H2,1H3. The summed E-state index contributed by atoms with van der Waals surface area (Å²) in [6.07, 6.45) is 4.62. The molecule has 0 spiro atoms. The molecule has 0 N–H and O–H groups in total. The van der Waals surface area contributed by atoms with Crippen molar-refractivity contribution in [3.63, 3.8) is 0 Å². The van der Waals surface area contributed by atoms with Gasteiger partial charge in [-0.1, -0.05) is 11.8 Å². The van der Waals surface area contributed by atoms with Crippen molar-refractivity contribution >= 4 is 11.8 Å². The van der Waals surface area contributed by atoms with E-state index in [4.69, 9.17) is 8.83 Å². The van der Waals surface area contributed by atoms with Crippen LogP contribution in [0.25, 0.3) is 0 Å². The van der Waals surface area contributed by atoms with Crippen LogP contribution in [-0.2, 0) is 5.75 Å². The van der Waals surface area contributed by atoms with Gasteiger partial charge < -0.3 is 8.83 Å². The third kappa shape index (κ3) is 1.92. The molecule has 0 aliphatic rings. The van der Waals surface area contributed by atoms with Crippen LogP contribution < -0.4 is 0 Å². The van der Waals surface area contributed by atoms with Gasteiger partial charge in [-0.3, -0.25) is 0 Å². The van der Waals surface area contributed by atoms with E-state index in [-0.39, 0.29) is 0 Å². The average Bonchev–Trinajstić information content (AvgIpc) is 2.72. The van der Waals surface area contributed by atoms with Crippen LogP contribution in [0.1, 0.15) is 11.5 Å². The normalized spacial score (nSPS) is 10.5. The van der Waals surface area contributed by atoms with Gasteiger partial charge in [0.1, 0.15) is 12.0 Å². The van der Waals surface area contributed by atoms with Gasteiger partial charge in [-0.25, -0.2) is 9.97 Å². The monoisotopic (exact) mass is 196 g/mol. The molecule has 68 valence electrons. The summed E-state index contributed by atoms with van der Waals surface area (Å²) in [7, 11) is 0. The summed E-state index contributed by atoms with van der Waals surface area (Å²) in [4.78, 5) is 8.04. The second-order valence-corrected chi connectivity index (χ2v) is 3.37. The van der Waals surface area contributed by atoms with E-state index in [0.29, 0.717) is 5.22 Å². The number of aryl methyl sites for hydroxylation is 1. The maximum absolute atomic E-state index is 5.07. The minimum Gasteiger partial charge on any atom is -0.448 e. The molecule has 5 heteroatoms. The summed E-state index contributed by atoms with van der Waals surface area (Å²) >= 11 is 1.50. The van der Waals surface area contributed by atoms with E-state index >= 15 is 0 Å². The van der Waals surface area contributed by atoms with Crippen molar-refractivity contribution in [2.45, 2.75) is 17.9 Å². The zero-order valence-corrected chi connectivity index (χ0v) is 7.87. The Morgan fingerprint density at radius 3 is 2.92 bits per heavy atom. The first-order valence-corrected chi connectivity index (χ1v) is 4.76. The number of thioether (sulfide) groups is 1. The summed E-state index contributed by atoms with van der Waals surface area (Å²) in [6, 6.07) is 0. The molecule has 2 rings (SSSR count). The first kappa shape index (κ1) is 8.37. The number of oxazole rings is 2. The summed E-state index contributed by atoms with van der Waals surface area (Å²) < 4.78 is 10.1. The lowest BCUT2D eigenvalue weighted by atomic mass is 10.4. The molecule has 0 saturated carbocycles. The largest absolute Gasteiger partial charge is 0.448 e. The maximum atomic E-state index is 5.07. The minimum absolute atomic E-state index is 0.655. The van der Waals surface area contributed by atoms with Gasteiger partial charge in [-0.05, 0) is 6.92 Å². The summed E-state index contributed by atoms with van der Waals surface area (Å²) in [6.45, 7) is 1.89. The van der Waals surface area contributed by atoms with Crippen molar-refractivity contribution in [3.8, 4) is 0 Å². The van der Waals surface area contributed by atoms with Crippen LogP contribution in [0.2, 0.25) is 0 Å². The lowest BCUT2D eigenvalue weighted by Crippen LogP contribution is -1.83. The Kier molecular flexibility index (Phi) is 2.35. The van der Waals surface area contributed by atoms with Gasteiger partial charge in [-0.15, -0.1) is 0 Å². The highest BCUT2D eigenvalue weighted by Gasteiger charge is 2.05. The summed E-state index contributed by atoms with van der Waals surface area (Å²) in [5.74, 6) is 1.57. The second kappa shape index (κ2) is 3.66. The van der Waals surface area contributed by atoms with Gasteiger partial charge in [0, 0.05) is 5.75 Å². The Morgan fingerprint density at radius 2 is 2.31 bits per heavy atom. The maximum Gasteiger partial charge on any atom is 0.255 e. The topological polar surface area (TPSA) is 52.1 Å². The Bertz CT molecular complexity index is 369. The number of hydrogen-bond acceptors (Lipinski definition) is 5. The molecule has 0 aliphatic heterocycles. The van der Waals surface area contributed by atoms with E-state index in [9.17, 15) is 0 Å². The van der Waals surface area contributed by atoms with E-state index in [1.165, 1.54) is 18.2 Å². The molecule has 0 bridgehead atoms. The molecule has 0 atom stereocenters. The fraction of sp³-hybridized carbons (Fsp3) is 0.250. The first-order chi connectivity index (χ1) is 6.36. The van der Waals surface area contributed by atoms with Crippen LogP contribution in [0.4, 0.5) is 0 Å². The van der Waals surface area contributed by atoms with Gasteiger partial charge in [0.2, 0.25) is 0 Å². The van der Waals surface area contributed by atoms with Gasteiger partial charge in [0.25, 0.3) is 5.22 Å². The van der Waals surface area contributed by atoms with Crippen LogP contribution in [0.15, 0.2) is 32.9 Å². The lowest BCUT2D eigenvalue weighted by molar-refractivity contribution is 0.454. The molecule has 2 heterocycles. The predicted octanol–water partition coefficient (Wildman–Crippen LogP) is 2.26. The molecule has 0 aromatic carbocycles. The lowest BCUT2D eigenvalue weighted by Gasteiger charge is -1.92. The van der Waals surface area contributed by atoms with E-state index in [1.807, 2.05) is 6.92 Å². The van der Waals surface area contributed by atoms with E-state index in [1.54, 1.807) is 12.5 Å². The quantitative estimate of drug-likeness (QED) is 0.705. The summed E-state index contributed by atoms with van der Waals surface area (Å²) in [5, 5.41) is 0.655. The van der Waals surface area contributed by atoms with Crippen LogP contribution in [0, 0.1) is 6.92 Å². The second-order valence-electron chi connectivity index (χ2n) is 2.44. The molecule has 2 aromatic heterocycles. The van der Waals surface area contributed by atoms with Gasteiger partial charge in [-0.2, -0.15) is 0 Å². The SMILES string of the molecule is Cc1ocnc1CSc1ncco1. The fourth-order valence-corrected chi connectivity index (χ4v) is 1.68. The van der Waals surface area contributed by atoms with Gasteiger partial charge in [0.05, 0.1) is 11.9 Å². The van der Waals surface area contributed by atoms with Crippen molar-refractivity contribution < 1.29 is 8.83 Å². The van der Waals surface area contributed by atoms with Gasteiger partial charge >= 0.3 is 0 Å². The Labute approximate surface area is 79.4 Å². The molecular weight excluding hydrogens is 188 g/mol. The molecule has 0 fully saturated rings. The Morgan fingerprint density at radius 1 is 1.38 bits per heavy atom. The van der Waals surface area contributed by atoms with Crippen LogP contribution in [0.3, 0.4) is 0 Å². The summed E-state index contributed by atoms with van der Waals surface area (Å²) in [5.41, 5.74) is 0.934. The Hall–Kier alpha value is -1.23. The third-order valence-corrected chi connectivity index (χ3v) is 2.45. The molecule has 0 radical (unpaired) electrons. The van der Waals surface area contributed by atoms with Crippen LogP contribution in [-0.4, -0.2) is 9.97 Å². The van der Waals surface area contributed by atoms with E-state index in [0.717, 1.165) is 17.2 Å². The number of hydrogen-bond donors (Lipinski definition) is 0. The van der Waals surface area contributed by atoms with Crippen LogP contribution >= 0.6 is 11.8 Å². The van der Waals surface area contributed by atoms with Crippen LogP contribution in [0.5, 0.6) is 0 Å². The highest BCUT2D eigenvalue weighted by Crippen LogP contribution is 2.21. The molecule has 0 aliphatic carbocycles. The molecule has 2 aromatic rings. The smallest absolute Gasteiger partial charge is 0.255 e. The molecule has 13 heavy (non-hydrogen) atoms. The highest BCUT2D eigenvalue weighted by atomic mass is 32.2. The van der Waals surface area contributed by atoms with Crippen molar-refractivity contribution in [1.82, 2.24) is 9.97 Å². The van der Waals surface area contributed by atoms with Gasteiger partial charge in [0.15, 0.2) is 6.39 Å². The van der Waals surface area contributed by atoms with E-state index < -0.39 is 0 Å². The third-order valence-electron chi connectivity index (χ3n) is 1.59.